The van der Waals surface area contributed by atoms with E-state index in [4.69, 9.17) is 10.7 Å². The molecule has 1 saturated heterocycles. The van der Waals surface area contributed by atoms with E-state index in [0.29, 0.717) is 22.3 Å². The Hall–Kier alpha value is -3.16. The van der Waals surface area contributed by atoms with E-state index in [0.717, 1.165) is 26.9 Å². The number of rotatable bonds is 3. The molecule has 3 aromatic carbocycles. The lowest BCUT2D eigenvalue weighted by molar-refractivity contribution is -0.122. The zero-order valence-electron chi connectivity index (χ0n) is 16.9. The summed E-state index contributed by atoms with van der Waals surface area (Å²) in [6.07, 6.45) is 0. The molecule has 2 aliphatic rings. The topological polar surface area (TPSA) is 61.9 Å². The number of nitrogens with two attached hydrogens (primary N) is 1. The third-order valence-electron chi connectivity index (χ3n) is 5.10. The second-order valence-corrected chi connectivity index (χ2v) is 9.24. The van der Waals surface area contributed by atoms with Gasteiger partial charge >= 0.3 is 0 Å². The van der Waals surface area contributed by atoms with Gasteiger partial charge in [0.2, 0.25) is 0 Å². The lowest BCUT2D eigenvalue weighted by atomic mass is 10.2. The van der Waals surface area contributed by atoms with Gasteiger partial charge in [0, 0.05) is 17.6 Å². The smallest absolute Gasteiger partial charge is 0.269 e. The third-order valence-corrected chi connectivity index (χ3v) is 7.53. The quantitative estimate of drug-likeness (QED) is 0.430. The molecule has 0 bridgehead atoms. The van der Waals surface area contributed by atoms with Gasteiger partial charge in [0.05, 0.1) is 22.9 Å². The lowest BCUT2D eigenvalue weighted by Gasteiger charge is -2.16. The van der Waals surface area contributed by atoms with Crippen LogP contribution in [0.3, 0.4) is 0 Å². The Morgan fingerprint density at radius 3 is 2.35 bits per heavy atom. The highest BCUT2D eigenvalue weighted by Crippen LogP contribution is 2.50. The number of hydrogen-bond donors (Lipinski definition) is 1. The molecular formula is C24H20N4OS2. The van der Waals surface area contributed by atoms with Crippen molar-refractivity contribution in [2.75, 3.05) is 17.7 Å². The fourth-order valence-corrected chi connectivity index (χ4v) is 5.83. The molecule has 0 unspecified atom stereocenters. The number of aliphatic imine (C=N–C) groups is 1. The summed E-state index contributed by atoms with van der Waals surface area (Å²) in [5.41, 5.74) is 9.44. The first kappa shape index (κ1) is 19.8. The van der Waals surface area contributed by atoms with E-state index >= 15 is 0 Å². The molecule has 0 atom stereocenters. The number of amides is 1. The number of hydrogen-bond acceptors (Lipinski definition) is 6. The molecular weight excluding hydrogens is 424 g/mol. The predicted molar refractivity (Wildman–Crippen MR) is 130 cm³/mol. The second kappa shape index (κ2) is 8.17. The van der Waals surface area contributed by atoms with Crippen molar-refractivity contribution in [2.24, 2.45) is 4.99 Å². The van der Waals surface area contributed by atoms with Crippen LogP contribution in [0, 0.1) is 0 Å². The maximum absolute atomic E-state index is 13.6. The molecule has 7 heteroatoms. The van der Waals surface area contributed by atoms with E-state index in [9.17, 15) is 4.79 Å². The summed E-state index contributed by atoms with van der Waals surface area (Å²) in [6, 6.07) is 25.6. The normalized spacial score (nSPS) is 19.4. The summed E-state index contributed by atoms with van der Waals surface area (Å²) in [5, 5.41) is 1.61. The number of fused-ring (bicyclic) bond motifs is 1. The number of carbonyl (C=O) groups is 1. The maximum Gasteiger partial charge on any atom is 0.269 e. The minimum absolute atomic E-state index is 0.0230. The summed E-state index contributed by atoms with van der Waals surface area (Å²) in [6.45, 7) is 0.471. The highest BCUT2D eigenvalue weighted by molar-refractivity contribution is 8.19. The van der Waals surface area contributed by atoms with Gasteiger partial charge in [-0.2, -0.15) is 0 Å². The van der Waals surface area contributed by atoms with E-state index in [1.165, 1.54) is 11.8 Å². The fourth-order valence-electron chi connectivity index (χ4n) is 3.48. The van der Waals surface area contributed by atoms with Crippen molar-refractivity contribution >= 4 is 51.7 Å². The van der Waals surface area contributed by atoms with Crippen LogP contribution in [0.1, 0.15) is 5.56 Å². The average Bonchev–Trinajstić information content (AvgIpc) is 3.28. The summed E-state index contributed by atoms with van der Waals surface area (Å²) in [4.78, 5) is 24.1. The van der Waals surface area contributed by atoms with Crippen LogP contribution in [-0.4, -0.2) is 23.0 Å². The Labute approximate surface area is 189 Å². The van der Waals surface area contributed by atoms with Crippen LogP contribution < -0.4 is 10.6 Å². The van der Waals surface area contributed by atoms with Gasteiger partial charge in [0.15, 0.2) is 5.17 Å². The van der Waals surface area contributed by atoms with Gasteiger partial charge in [-0.25, -0.2) is 4.99 Å². The summed E-state index contributed by atoms with van der Waals surface area (Å²) in [5.74, 6) is -0.0230. The van der Waals surface area contributed by atoms with Gasteiger partial charge in [-0.1, -0.05) is 54.2 Å². The Morgan fingerprint density at radius 1 is 0.903 bits per heavy atom. The van der Waals surface area contributed by atoms with Gasteiger partial charge in [-0.3, -0.25) is 9.69 Å². The zero-order valence-corrected chi connectivity index (χ0v) is 18.5. The Balaban J connectivity index is 1.55. The molecule has 31 heavy (non-hydrogen) atoms. The van der Waals surface area contributed by atoms with Crippen LogP contribution in [0.4, 0.5) is 17.1 Å². The molecule has 5 rings (SSSR count). The number of nitrogen functional groups attached to an aromatic ring is 1. The molecule has 2 N–H and O–H groups in total. The van der Waals surface area contributed by atoms with Crippen LogP contribution in [0.5, 0.6) is 0 Å². The Bertz CT molecular complexity index is 1210. The lowest BCUT2D eigenvalue weighted by Crippen LogP contribution is -2.29. The van der Waals surface area contributed by atoms with Crippen LogP contribution in [0.2, 0.25) is 0 Å². The SMILES string of the molecule is CN1C(=C2SC(=Nc3ccc(N)cc3)N(Cc3ccccc3)C2=O)Sc2ccccc21. The van der Waals surface area contributed by atoms with E-state index in [-0.39, 0.29) is 5.91 Å². The Morgan fingerprint density at radius 2 is 1.61 bits per heavy atom. The summed E-state index contributed by atoms with van der Waals surface area (Å²) < 4.78 is 0. The second-order valence-electron chi connectivity index (χ2n) is 7.23. The zero-order chi connectivity index (χ0) is 21.4. The minimum atomic E-state index is -0.0230. The van der Waals surface area contributed by atoms with Crippen LogP contribution in [0.15, 0.2) is 98.7 Å². The third kappa shape index (κ3) is 3.82. The molecule has 5 nitrogen and oxygen atoms in total. The van der Waals surface area contributed by atoms with Gasteiger partial charge in [0.1, 0.15) is 4.91 Å². The standard InChI is InChI=1S/C24H20N4OS2/c1-27-19-9-5-6-10-20(19)30-23(27)21-22(29)28(15-16-7-3-2-4-8-16)24(31-21)26-18-13-11-17(25)12-14-18/h2-14H,15,25H2,1H3. The molecule has 0 radical (unpaired) electrons. The number of para-hydroxylation sites is 1. The maximum atomic E-state index is 13.6. The fraction of sp³-hybridized carbons (Fsp3) is 0.0833. The van der Waals surface area contributed by atoms with E-state index in [1.807, 2.05) is 73.8 Å². The first-order valence-corrected chi connectivity index (χ1v) is 11.5. The van der Waals surface area contributed by atoms with E-state index < -0.39 is 0 Å². The monoisotopic (exact) mass is 444 g/mol. The molecule has 0 spiro atoms. The van der Waals surface area contributed by atoms with Crippen molar-refractivity contribution < 1.29 is 4.79 Å². The molecule has 0 saturated carbocycles. The average molecular weight is 445 g/mol. The molecule has 0 aliphatic carbocycles. The first-order chi connectivity index (χ1) is 15.1. The largest absolute Gasteiger partial charge is 0.399 e. The van der Waals surface area contributed by atoms with E-state index in [2.05, 4.69) is 17.0 Å². The van der Waals surface area contributed by atoms with Gasteiger partial charge in [-0.15, -0.1) is 0 Å². The van der Waals surface area contributed by atoms with Crippen LogP contribution in [0.25, 0.3) is 0 Å². The number of nitrogens with zero attached hydrogens (tertiary/aromatic N) is 3. The van der Waals surface area contributed by atoms with E-state index in [1.54, 1.807) is 16.7 Å². The van der Waals surface area contributed by atoms with Crippen LogP contribution >= 0.6 is 23.5 Å². The van der Waals surface area contributed by atoms with Crippen molar-refractivity contribution in [1.82, 2.24) is 4.90 Å². The highest BCUT2D eigenvalue weighted by Gasteiger charge is 2.39. The highest BCUT2D eigenvalue weighted by atomic mass is 32.2. The molecule has 1 fully saturated rings. The van der Waals surface area contributed by atoms with Gasteiger partial charge < -0.3 is 10.6 Å². The number of amidine groups is 1. The molecule has 0 aromatic heterocycles. The minimum Gasteiger partial charge on any atom is -0.399 e. The van der Waals surface area contributed by atoms with Crippen molar-refractivity contribution in [3.8, 4) is 0 Å². The molecule has 3 aromatic rings. The first-order valence-electron chi connectivity index (χ1n) is 9.83. The molecule has 154 valence electrons. The molecule has 2 heterocycles. The summed E-state index contributed by atoms with van der Waals surface area (Å²) >= 11 is 3.06. The van der Waals surface area contributed by atoms with Gasteiger partial charge in [0.25, 0.3) is 5.91 Å². The number of benzene rings is 3. The summed E-state index contributed by atoms with van der Waals surface area (Å²) in [7, 11) is 2.01. The molecule has 2 aliphatic heterocycles. The number of thioether (sulfide) groups is 2. The number of carbonyl (C=O) groups excluding carboxylic acids is 1. The van der Waals surface area contributed by atoms with Gasteiger partial charge in [-0.05, 0) is 53.7 Å². The van der Waals surface area contributed by atoms with Crippen molar-refractivity contribution in [3.05, 3.63) is 94.4 Å². The van der Waals surface area contributed by atoms with Crippen LogP contribution in [-0.2, 0) is 11.3 Å². The number of anilines is 2. The van der Waals surface area contributed by atoms with Crippen molar-refractivity contribution in [1.29, 1.82) is 0 Å². The predicted octanol–water partition coefficient (Wildman–Crippen LogP) is 5.44. The van der Waals surface area contributed by atoms with Crippen molar-refractivity contribution in [3.63, 3.8) is 0 Å². The Kier molecular flexibility index (Phi) is 5.21. The van der Waals surface area contributed by atoms with Crippen molar-refractivity contribution in [2.45, 2.75) is 11.4 Å². The molecule has 1 amide bonds.